The molecule has 0 aliphatic rings. The molecule has 0 spiro atoms. The number of unbranched alkanes of at least 4 members (excludes halogenated alkanes) is 38. The smallest absolute Gasteiger partial charge is 0.305 e. The third-order valence-electron chi connectivity index (χ3n) is 12.7. The zero-order valence-electron chi connectivity index (χ0n) is 41.6. The van der Waals surface area contributed by atoms with Crippen LogP contribution in [0.15, 0.2) is 24.3 Å². The van der Waals surface area contributed by atoms with Crippen molar-refractivity contribution in [2.24, 2.45) is 0 Å². The molecule has 0 aliphatic heterocycles. The number of esters is 1. The highest BCUT2D eigenvalue weighted by atomic mass is 16.5. The average Bonchev–Trinajstić information content (AvgIpc) is 3.27. The lowest BCUT2D eigenvalue weighted by atomic mass is 10.0. The lowest BCUT2D eigenvalue weighted by Gasteiger charge is -2.20. The third kappa shape index (κ3) is 47.8. The summed E-state index contributed by atoms with van der Waals surface area (Å²) in [5.74, 6) is -0.0745. The number of hydrogen-bond donors (Lipinski definition) is 3. The second-order valence-corrected chi connectivity index (χ2v) is 18.9. The molecule has 0 heterocycles. The molecule has 0 aromatic carbocycles. The summed E-state index contributed by atoms with van der Waals surface area (Å²) in [5, 5.41) is 23.1. The van der Waals surface area contributed by atoms with Gasteiger partial charge in [-0.3, -0.25) is 9.59 Å². The van der Waals surface area contributed by atoms with E-state index in [1.165, 1.54) is 225 Å². The Balaban J connectivity index is 3.44. The molecular formula is C56H107NO5. The van der Waals surface area contributed by atoms with Crippen LogP contribution < -0.4 is 5.32 Å². The Labute approximate surface area is 386 Å². The van der Waals surface area contributed by atoms with E-state index in [4.69, 9.17) is 4.74 Å². The van der Waals surface area contributed by atoms with Crippen LogP contribution >= 0.6 is 0 Å². The third-order valence-corrected chi connectivity index (χ3v) is 12.7. The van der Waals surface area contributed by atoms with E-state index in [9.17, 15) is 19.8 Å². The number of hydrogen-bond acceptors (Lipinski definition) is 5. The van der Waals surface area contributed by atoms with Gasteiger partial charge < -0.3 is 20.3 Å². The number of amides is 1. The zero-order valence-corrected chi connectivity index (χ0v) is 41.6. The van der Waals surface area contributed by atoms with Gasteiger partial charge in [0.2, 0.25) is 5.91 Å². The van der Waals surface area contributed by atoms with Gasteiger partial charge in [-0.2, -0.15) is 0 Å². The van der Waals surface area contributed by atoms with Gasteiger partial charge in [-0.15, -0.1) is 0 Å². The molecule has 1 amide bonds. The van der Waals surface area contributed by atoms with E-state index in [0.717, 1.165) is 44.9 Å². The van der Waals surface area contributed by atoms with Crippen LogP contribution in [-0.4, -0.2) is 47.4 Å². The van der Waals surface area contributed by atoms with Crippen LogP contribution in [0.25, 0.3) is 0 Å². The van der Waals surface area contributed by atoms with Crippen LogP contribution in [-0.2, 0) is 14.3 Å². The van der Waals surface area contributed by atoms with E-state index >= 15 is 0 Å². The minimum atomic E-state index is -0.846. The van der Waals surface area contributed by atoms with Gasteiger partial charge in [-0.1, -0.05) is 250 Å². The highest BCUT2D eigenvalue weighted by Gasteiger charge is 2.18. The molecule has 3 N–H and O–H groups in total. The lowest BCUT2D eigenvalue weighted by Crippen LogP contribution is -2.45. The van der Waals surface area contributed by atoms with Crippen LogP contribution in [0.2, 0.25) is 0 Å². The molecule has 6 heteroatoms. The maximum absolute atomic E-state index is 12.4. The van der Waals surface area contributed by atoms with Gasteiger partial charge in [0.1, 0.15) is 0 Å². The molecule has 0 aromatic heterocycles. The van der Waals surface area contributed by atoms with E-state index in [1.54, 1.807) is 6.08 Å². The summed E-state index contributed by atoms with van der Waals surface area (Å²) in [5.41, 5.74) is 0. The quantitative estimate of drug-likeness (QED) is 0.0321. The number of rotatable bonds is 51. The number of carbonyl (C=O) groups is 2. The molecule has 0 fully saturated rings. The van der Waals surface area contributed by atoms with Crippen molar-refractivity contribution in [3.05, 3.63) is 24.3 Å². The number of nitrogens with one attached hydrogen (secondary N) is 1. The molecule has 0 bridgehead atoms. The molecule has 2 atom stereocenters. The second kappa shape index (κ2) is 52.0. The fourth-order valence-electron chi connectivity index (χ4n) is 8.45. The summed E-state index contributed by atoms with van der Waals surface area (Å²) in [6, 6.07) is -0.630. The van der Waals surface area contributed by atoms with Gasteiger partial charge in [0.05, 0.1) is 25.4 Å². The van der Waals surface area contributed by atoms with Crippen molar-refractivity contribution < 1.29 is 24.5 Å². The van der Waals surface area contributed by atoms with Crippen molar-refractivity contribution >= 4 is 11.9 Å². The summed E-state index contributed by atoms with van der Waals surface area (Å²) >= 11 is 0. The van der Waals surface area contributed by atoms with E-state index in [1.807, 2.05) is 6.08 Å². The minimum absolute atomic E-state index is 0.00288. The molecule has 2 unspecified atom stereocenters. The Kier molecular flexibility index (Phi) is 50.6. The first-order chi connectivity index (χ1) is 30.5. The molecule has 366 valence electrons. The fourth-order valence-corrected chi connectivity index (χ4v) is 8.45. The molecule has 0 rings (SSSR count). The van der Waals surface area contributed by atoms with Gasteiger partial charge in [0.25, 0.3) is 0 Å². The summed E-state index contributed by atoms with van der Waals surface area (Å²) in [6.07, 6.45) is 61.9. The van der Waals surface area contributed by atoms with Gasteiger partial charge in [-0.05, 0) is 57.8 Å². The number of ether oxygens (including phenoxy) is 1. The molecule has 0 saturated heterocycles. The van der Waals surface area contributed by atoms with Crippen molar-refractivity contribution in [3.63, 3.8) is 0 Å². The largest absolute Gasteiger partial charge is 0.466 e. The second-order valence-electron chi connectivity index (χ2n) is 18.9. The van der Waals surface area contributed by atoms with Crippen LogP contribution in [0.5, 0.6) is 0 Å². The van der Waals surface area contributed by atoms with Gasteiger partial charge >= 0.3 is 5.97 Å². The Bertz CT molecular complexity index is 966. The monoisotopic (exact) mass is 874 g/mol. The first kappa shape index (κ1) is 60.3. The minimum Gasteiger partial charge on any atom is -0.466 e. The van der Waals surface area contributed by atoms with Crippen LogP contribution in [0.4, 0.5) is 0 Å². The SMILES string of the molecule is CCCCCC/C=C\CCCCCCCC(=O)OCCCCCCCCCCCCCCCCCCCCC(=O)NC(CO)C(O)/C=C/CCCCCCCCCCCCCC. The van der Waals surface area contributed by atoms with E-state index in [2.05, 4.69) is 31.3 Å². The van der Waals surface area contributed by atoms with Crippen molar-refractivity contribution in [2.45, 2.75) is 309 Å². The van der Waals surface area contributed by atoms with E-state index < -0.39 is 12.1 Å². The molecular weight excluding hydrogens is 767 g/mol. The first-order valence-electron chi connectivity index (χ1n) is 27.6. The Hall–Kier alpha value is -1.66. The highest BCUT2D eigenvalue weighted by Crippen LogP contribution is 2.16. The van der Waals surface area contributed by atoms with Crippen molar-refractivity contribution in [1.82, 2.24) is 5.32 Å². The predicted molar refractivity (Wildman–Crippen MR) is 269 cm³/mol. The molecule has 6 nitrogen and oxygen atoms in total. The highest BCUT2D eigenvalue weighted by molar-refractivity contribution is 5.76. The average molecular weight is 874 g/mol. The summed E-state index contributed by atoms with van der Waals surface area (Å²) < 4.78 is 5.46. The van der Waals surface area contributed by atoms with Crippen molar-refractivity contribution in [3.8, 4) is 0 Å². The van der Waals surface area contributed by atoms with Crippen molar-refractivity contribution in [2.75, 3.05) is 13.2 Å². The molecule has 0 saturated carbocycles. The number of aliphatic hydroxyl groups excluding tert-OH is 2. The standard InChI is InChI=1S/C56H107NO5/c1-3-5-7-9-11-13-15-17-25-28-32-36-40-44-48-54(59)53(52-58)57-55(60)49-45-41-37-33-29-26-22-20-18-19-21-23-27-31-35-39-43-47-51-62-56(61)50-46-42-38-34-30-24-16-14-12-10-8-6-4-2/h14,16,44,48,53-54,58-59H,3-13,15,17-43,45-47,49-52H2,1-2H3,(H,57,60)/b16-14-,48-44+. The molecule has 0 aliphatic carbocycles. The molecule has 62 heavy (non-hydrogen) atoms. The Morgan fingerprint density at radius 3 is 1.16 bits per heavy atom. The number of allylic oxidation sites excluding steroid dienone is 3. The molecule has 0 radical (unpaired) electrons. The summed E-state index contributed by atoms with van der Waals surface area (Å²) in [4.78, 5) is 24.4. The normalized spacial score (nSPS) is 12.8. The first-order valence-corrected chi connectivity index (χ1v) is 27.6. The van der Waals surface area contributed by atoms with E-state index in [-0.39, 0.29) is 18.5 Å². The number of carbonyl (C=O) groups excluding carboxylic acids is 2. The van der Waals surface area contributed by atoms with E-state index in [0.29, 0.717) is 19.4 Å². The van der Waals surface area contributed by atoms with Gasteiger partial charge in [0, 0.05) is 12.8 Å². The Morgan fingerprint density at radius 2 is 0.758 bits per heavy atom. The lowest BCUT2D eigenvalue weighted by molar-refractivity contribution is -0.143. The maximum atomic E-state index is 12.4. The molecule has 0 aromatic rings. The summed E-state index contributed by atoms with van der Waals surface area (Å²) in [7, 11) is 0. The van der Waals surface area contributed by atoms with Gasteiger partial charge in [0.15, 0.2) is 0 Å². The van der Waals surface area contributed by atoms with Crippen LogP contribution in [0.3, 0.4) is 0 Å². The van der Waals surface area contributed by atoms with Crippen molar-refractivity contribution in [1.29, 1.82) is 0 Å². The predicted octanol–water partition coefficient (Wildman–Crippen LogP) is 16.7. The summed E-state index contributed by atoms with van der Waals surface area (Å²) in [6.45, 7) is 4.88. The van der Waals surface area contributed by atoms with Crippen LogP contribution in [0, 0.1) is 0 Å². The van der Waals surface area contributed by atoms with Crippen LogP contribution in [0.1, 0.15) is 296 Å². The Morgan fingerprint density at radius 1 is 0.435 bits per heavy atom. The fraction of sp³-hybridized carbons (Fsp3) is 0.893. The van der Waals surface area contributed by atoms with Gasteiger partial charge in [-0.25, -0.2) is 0 Å². The zero-order chi connectivity index (χ0) is 45.1. The maximum Gasteiger partial charge on any atom is 0.305 e. The topological polar surface area (TPSA) is 95.9 Å². The number of aliphatic hydroxyl groups is 2.